The van der Waals surface area contributed by atoms with Crippen molar-refractivity contribution in [1.29, 1.82) is 0 Å². The number of hydrogen-bond acceptors (Lipinski definition) is 5. The number of carboxylic acids is 1. The number of carboxylic acid groups (broad SMARTS) is 1. The maximum absolute atomic E-state index is 10.5. The molecule has 1 heterocycles. The lowest BCUT2D eigenvalue weighted by molar-refractivity contribution is -0.137. The molecule has 1 aromatic heterocycles. The van der Waals surface area contributed by atoms with Gasteiger partial charge in [-0.25, -0.2) is 0 Å². The van der Waals surface area contributed by atoms with Gasteiger partial charge < -0.3 is 14.3 Å². The number of rotatable bonds is 6. The van der Waals surface area contributed by atoms with E-state index in [0.29, 0.717) is 29.7 Å². The standard InChI is InChI=1S/C13H14N2O4/c1-2-18-10-6-4-3-5-9(10)13-15-14-11(19-13)7-8-12(16)17/h3-6H,2,7-8H2,1H3,(H,16,17). The number of nitrogens with zero attached hydrogens (tertiary/aromatic N) is 2. The number of benzene rings is 1. The van der Waals surface area contributed by atoms with Crippen molar-refractivity contribution in [2.45, 2.75) is 19.8 Å². The van der Waals surface area contributed by atoms with Crippen LogP contribution in [0.15, 0.2) is 28.7 Å². The van der Waals surface area contributed by atoms with E-state index in [1.807, 2.05) is 31.2 Å². The van der Waals surface area contributed by atoms with E-state index < -0.39 is 5.97 Å². The van der Waals surface area contributed by atoms with Crippen LogP contribution in [-0.2, 0) is 11.2 Å². The summed E-state index contributed by atoms with van der Waals surface area (Å²) >= 11 is 0. The minimum atomic E-state index is -0.894. The number of aromatic nitrogens is 2. The van der Waals surface area contributed by atoms with E-state index in [-0.39, 0.29) is 12.8 Å². The van der Waals surface area contributed by atoms with Crippen molar-refractivity contribution >= 4 is 5.97 Å². The molecule has 0 aliphatic carbocycles. The molecule has 1 aromatic carbocycles. The van der Waals surface area contributed by atoms with E-state index in [9.17, 15) is 4.79 Å². The molecule has 0 atom stereocenters. The third-order valence-electron chi connectivity index (χ3n) is 2.44. The number of para-hydroxylation sites is 1. The lowest BCUT2D eigenvalue weighted by atomic mass is 10.2. The summed E-state index contributed by atoms with van der Waals surface area (Å²) in [6, 6.07) is 7.34. The second kappa shape index (κ2) is 5.99. The molecule has 0 aliphatic heterocycles. The van der Waals surface area contributed by atoms with Gasteiger partial charge in [-0.2, -0.15) is 0 Å². The smallest absolute Gasteiger partial charge is 0.303 e. The molecule has 0 bridgehead atoms. The van der Waals surface area contributed by atoms with Crippen molar-refractivity contribution < 1.29 is 19.1 Å². The summed E-state index contributed by atoms with van der Waals surface area (Å²) in [6.07, 6.45) is 0.188. The molecular weight excluding hydrogens is 248 g/mol. The lowest BCUT2D eigenvalue weighted by Gasteiger charge is -2.05. The Morgan fingerprint density at radius 2 is 2.16 bits per heavy atom. The zero-order valence-corrected chi connectivity index (χ0v) is 10.5. The predicted octanol–water partition coefficient (Wildman–Crippen LogP) is 2.15. The Hall–Kier alpha value is -2.37. The van der Waals surface area contributed by atoms with Gasteiger partial charge in [0.25, 0.3) is 5.89 Å². The van der Waals surface area contributed by atoms with Crippen LogP contribution >= 0.6 is 0 Å². The van der Waals surface area contributed by atoms with Crippen molar-refractivity contribution in [3.8, 4) is 17.2 Å². The zero-order valence-electron chi connectivity index (χ0n) is 10.5. The summed E-state index contributed by atoms with van der Waals surface area (Å²) < 4.78 is 10.9. The predicted molar refractivity (Wildman–Crippen MR) is 66.9 cm³/mol. The van der Waals surface area contributed by atoms with Gasteiger partial charge in [0.2, 0.25) is 5.89 Å². The van der Waals surface area contributed by atoms with Gasteiger partial charge in [-0.05, 0) is 19.1 Å². The molecule has 6 nitrogen and oxygen atoms in total. The maximum Gasteiger partial charge on any atom is 0.303 e. The van der Waals surface area contributed by atoms with E-state index in [2.05, 4.69) is 10.2 Å². The molecule has 0 saturated heterocycles. The van der Waals surface area contributed by atoms with Crippen molar-refractivity contribution in [3.63, 3.8) is 0 Å². The molecule has 1 N–H and O–H groups in total. The van der Waals surface area contributed by atoms with Gasteiger partial charge in [0.1, 0.15) is 5.75 Å². The summed E-state index contributed by atoms with van der Waals surface area (Å²) in [4.78, 5) is 10.5. The fourth-order valence-corrected chi connectivity index (χ4v) is 1.60. The fourth-order valence-electron chi connectivity index (χ4n) is 1.60. The first-order chi connectivity index (χ1) is 9.20. The topological polar surface area (TPSA) is 85.5 Å². The molecule has 100 valence electrons. The molecule has 0 radical (unpaired) electrons. The number of hydrogen-bond donors (Lipinski definition) is 1. The molecule has 6 heteroatoms. The molecular formula is C13H14N2O4. The lowest BCUT2D eigenvalue weighted by Crippen LogP contribution is -1.97. The van der Waals surface area contributed by atoms with Gasteiger partial charge in [-0.15, -0.1) is 10.2 Å². The minimum absolute atomic E-state index is 0.0330. The highest BCUT2D eigenvalue weighted by Crippen LogP contribution is 2.28. The van der Waals surface area contributed by atoms with E-state index in [1.54, 1.807) is 0 Å². The summed E-state index contributed by atoms with van der Waals surface area (Å²) in [6.45, 7) is 2.43. The van der Waals surface area contributed by atoms with E-state index in [0.717, 1.165) is 0 Å². The molecule has 0 saturated carbocycles. The highest BCUT2D eigenvalue weighted by atomic mass is 16.5. The fraction of sp³-hybridized carbons (Fsp3) is 0.308. The molecule has 2 aromatic rings. The van der Waals surface area contributed by atoms with Crippen LogP contribution in [0.4, 0.5) is 0 Å². The van der Waals surface area contributed by atoms with Crippen LogP contribution in [-0.4, -0.2) is 27.9 Å². The Morgan fingerprint density at radius 3 is 2.89 bits per heavy atom. The third kappa shape index (κ3) is 3.31. The van der Waals surface area contributed by atoms with Gasteiger partial charge in [-0.1, -0.05) is 12.1 Å². The Kier molecular flexibility index (Phi) is 4.12. The van der Waals surface area contributed by atoms with Crippen molar-refractivity contribution in [1.82, 2.24) is 10.2 Å². The maximum atomic E-state index is 10.5. The van der Waals surface area contributed by atoms with Crippen LogP contribution in [0.5, 0.6) is 5.75 Å². The van der Waals surface area contributed by atoms with Crippen LogP contribution in [0.3, 0.4) is 0 Å². The number of aliphatic carboxylic acids is 1. The largest absolute Gasteiger partial charge is 0.493 e. The molecule has 0 amide bonds. The SMILES string of the molecule is CCOc1ccccc1-c1nnc(CCC(=O)O)o1. The van der Waals surface area contributed by atoms with E-state index in [1.165, 1.54) is 0 Å². The average Bonchev–Trinajstić information content (AvgIpc) is 2.86. The zero-order chi connectivity index (χ0) is 13.7. The first kappa shape index (κ1) is 13.1. The number of ether oxygens (including phenoxy) is 1. The van der Waals surface area contributed by atoms with Gasteiger partial charge in [0, 0.05) is 6.42 Å². The Labute approximate surface area is 110 Å². The summed E-state index contributed by atoms with van der Waals surface area (Å²) in [5.74, 6) is 0.418. The first-order valence-corrected chi connectivity index (χ1v) is 5.97. The van der Waals surface area contributed by atoms with Crippen LogP contribution in [0.2, 0.25) is 0 Å². The van der Waals surface area contributed by atoms with Crippen molar-refractivity contribution in [2.75, 3.05) is 6.61 Å². The number of carbonyl (C=O) groups is 1. The van der Waals surface area contributed by atoms with Crippen LogP contribution in [0.1, 0.15) is 19.2 Å². The van der Waals surface area contributed by atoms with Crippen molar-refractivity contribution in [2.24, 2.45) is 0 Å². The van der Waals surface area contributed by atoms with Crippen LogP contribution < -0.4 is 4.74 Å². The average molecular weight is 262 g/mol. The molecule has 0 spiro atoms. The summed E-state index contributed by atoms with van der Waals surface area (Å²) in [5, 5.41) is 16.4. The van der Waals surface area contributed by atoms with Crippen molar-refractivity contribution in [3.05, 3.63) is 30.2 Å². The first-order valence-electron chi connectivity index (χ1n) is 5.97. The number of aryl methyl sites for hydroxylation is 1. The third-order valence-corrected chi connectivity index (χ3v) is 2.44. The molecule has 19 heavy (non-hydrogen) atoms. The molecule has 0 unspecified atom stereocenters. The molecule has 0 aliphatic rings. The quantitative estimate of drug-likeness (QED) is 0.858. The van der Waals surface area contributed by atoms with Gasteiger partial charge >= 0.3 is 5.97 Å². The molecule has 2 rings (SSSR count). The molecule has 0 fully saturated rings. The Balaban J connectivity index is 2.20. The summed E-state index contributed by atoms with van der Waals surface area (Å²) in [7, 11) is 0. The highest BCUT2D eigenvalue weighted by molar-refractivity contribution is 5.67. The monoisotopic (exact) mass is 262 g/mol. The van der Waals surface area contributed by atoms with Crippen LogP contribution in [0, 0.1) is 0 Å². The minimum Gasteiger partial charge on any atom is -0.493 e. The summed E-state index contributed by atoms with van der Waals surface area (Å²) in [5.41, 5.74) is 0.707. The van der Waals surface area contributed by atoms with E-state index >= 15 is 0 Å². The Morgan fingerprint density at radius 1 is 1.37 bits per heavy atom. The Bertz CT molecular complexity index is 565. The normalized spacial score (nSPS) is 10.4. The van der Waals surface area contributed by atoms with Crippen LogP contribution in [0.25, 0.3) is 11.5 Å². The highest BCUT2D eigenvalue weighted by Gasteiger charge is 2.13. The van der Waals surface area contributed by atoms with Gasteiger partial charge in [0.15, 0.2) is 0 Å². The second-order valence-electron chi connectivity index (χ2n) is 3.82. The van der Waals surface area contributed by atoms with Gasteiger partial charge in [-0.3, -0.25) is 4.79 Å². The second-order valence-corrected chi connectivity index (χ2v) is 3.82. The van der Waals surface area contributed by atoms with Gasteiger partial charge in [0.05, 0.1) is 18.6 Å². The van der Waals surface area contributed by atoms with E-state index in [4.69, 9.17) is 14.3 Å².